The van der Waals surface area contributed by atoms with Crippen molar-refractivity contribution < 1.29 is 0 Å². The van der Waals surface area contributed by atoms with Gasteiger partial charge in [-0.3, -0.25) is 4.90 Å². The van der Waals surface area contributed by atoms with Gasteiger partial charge in [0.05, 0.1) is 0 Å². The molecule has 1 heterocycles. The Hall–Kier alpha value is -1.06. The second-order valence-electron chi connectivity index (χ2n) is 5.99. The summed E-state index contributed by atoms with van der Waals surface area (Å²) in [5.74, 6) is 0.783. The zero-order chi connectivity index (χ0) is 14.2. The molecule has 1 aromatic rings. The van der Waals surface area contributed by atoms with Crippen molar-refractivity contribution in [2.45, 2.75) is 26.2 Å². The van der Waals surface area contributed by atoms with Crippen LogP contribution in [0.3, 0.4) is 0 Å². The van der Waals surface area contributed by atoms with Crippen molar-refractivity contribution >= 4 is 5.69 Å². The number of piperazine rings is 1. The van der Waals surface area contributed by atoms with E-state index in [4.69, 9.17) is 5.73 Å². The van der Waals surface area contributed by atoms with Crippen LogP contribution in [0, 0.1) is 5.92 Å². The van der Waals surface area contributed by atoms with Gasteiger partial charge in [-0.15, -0.1) is 0 Å². The average molecular weight is 275 g/mol. The van der Waals surface area contributed by atoms with E-state index in [-0.39, 0.29) is 0 Å². The van der Waals surface area contributed by atoms with E-state index in [0.717, 1.165) is 25.6 Å². The summed E-state index contributed by atoms with van der Waals surface area (Å²) in [4.78, 5) is 5.10. The van der Waals surface area contributed by atoms with Crippen LogP contribution < -0.4 is 10.6 Å². The summed E-state index contributed by atoms with van der Waals surface area (Å²) in [5.41, 5.74) is 6.96. The Labute approximate surface area is 123 Å². The Balaban J connectivity index is 1.65. The van der Waals surface area contributed by atoms with Crippen LogP contribution in [0.1, 0.15) is 26.2 Å². The van der Waals surface area contributed by atoms with E-state index >= 15 is 0 Å². The van der Waals surface area contributed by atoms with E-state index in [1.165, 1.54) is 44.6 Å². The quantitative estimate of drug-likeness (QED) is 0.830. The van der Waals surface area contributed by atoms with E-state index in [1.807, 2.05) is 0 Å². The Morgan fingerprint density at radius 2 is 1.75 bits per heavy atom. The number of nitrogens with two attached hydrogens (primary N) is 1. The lowest BCUT2D eigenvalue weighted by Gasteiger charge is -2.36. The van der Waals surface area contributed by atoms with Gasteiger partial charge in [-0.05, 0) is 50.4 Å². The van der Waals surface area contributed by atoms with Crippen LogP contribution in [0.4, 0.5) is 5.69 Å². The van der Waals surface area contributed by atoms with E-state index < -0.39 is 0 Å². The molecule has 1 fully saturated rings. The molecule has 2 rings (SSSR count). The molecule has 112 valence electrons. The Kier molecular flexibility index (Phi) is 6.34. The maximum Gasteiger partial charge on any atom is 0.0367 e. The molecule has 2 N–H and O–H groups in total. The topological polar surface area (TPSA) is 32.5 Å². The summed E-state index contributed by atoms with van der Waals surface area (Å²) in [6.45, 7) is 9.10. The van der Waals surface area contributed by atoms with Gasteiger partial charge in [-0.25, -0.2) is 0 Å². The molecule has 3 nitrogen and oxygen atoms in total. The van der Waals surface area contributed by atoms with Crippen LogP contribution in [0.2, 0.25) is 0 Å². The third-order valence-corrected chi connectivity index (χ3v) is 4.32. The minimum Gasteiger partial charge on any atom is -0.369 e. The number of anilines is 1. The molecule has 0 aliphatic carbocycles. The van der Waals surface area contributed by atoms with E-state index in [9.17, 15) is 0 Å². The van der Waals surface area contributed by atoms with Crippen LogP contribution in [0.5, 0.6) is 0 Å². The summed E-state index contributed by atoms with van der Waals surface area (Å²) in [6.07, 6.45) is 3.80. The van der Waals surface area contributed by atoms with Crippen LogP contribution in [0.15, 0.2) is 30.3 Å². The maximum atomic E-state index is 5.60. The van der Waals surface area contributed by atoms with Gasteiger partial charge in [0.25, 0.3) is 0 Å². The summed E-state index contributed by atoms with van der Waals surface area (Å²) in [7, 11) is 0. The lowest BCUT2D eigenvalue weighted by atomic mass is 10.0. The van der Waals surface area contributed by atoms with Crippen molar-refractivity contribution in [3.8, 4) is 0 Å². The molecule has 20 heavy (non-hydrogen) atoms. The predicted octanol–water partition coefficient (Wildman–Crippen LogP) is 2.57. The van der Waals surface area contributed by atoms with Gasteiger partial charge in [0, 0.05) is 31.9 Å². The maximum absolute atomic E-state index is 5.60. The van der Waals surface area contributed by atoms with Gasteiger partial charge in [0.2, 0.25) is 0 Å². The third kappa shape index (κ3) is 4.80. The third-order valence-electron chi connectivity index (χ3n) is 4.32. The Morgan fingerprint density at radius 3 is 2.40 bits per heavy atom. The SMILES string of the molecule is CC(CCN)CCCN1CCN(c2ccccc2)CC1. The Morgan fingerprint density at radius 1 is 1.05 bits per heavy atom. The molecular formula is C17H29N3. The predicted molar refractivity (Wildman–Crippen MR) is 87.2 cm³/mol. The normalized spacial score (nSPS) is 18.2. The van der Waals surface area contributed by atoms with E-state index in [0.29, 0.717) is 0 Å². The molecule has 0 aromatic heterocycles. The first-order chi connectivity index (χ1) is 9.79. The summed E-state index contributed by atoms with van der Waals surface area (Å²) >= 11 is 0. The molecule has 0 radical (unpaired) electrons. The summed E-state index contributed by atoms with van der Waals surface area (Å²) in [6, 6.07) is 10.8. The highest BCUT2D eigenvalue weighted by atomic mass is 15.3. The molecule has 3 heteroatoms. The van der Waals surface area contributed by atoms with Crippen molar-refractivity contribution in [3.05, 3.63) is 30.3 Å². The average Bonchev–Trinajstić information content (AvgIpc) is 2.49. The van der Waals surface area contributed by atoms with Crippen LogP contribution in [-0.2, 0) is 0 Å². The number of para-hydroxylation sites is 1. The second-order valence-corrected chi connectivity index (χ2v) is 5.99. The number of benzene rings is 1. The summed E-state index contributed by atoms with van der Waals surface area (Å²) < 4.78 is 0. The molecule has 1 unspecified atom stereocenters. The van der Waals surface area contributed by atoms with Crippen LogP contribution in [0.25, 0.3) is 0 Å². The summed E-state index contributed by atoms with van der Waals surface area (Å²) in [5, 5.41) is 0. The highest BCUT2D eigenvalue weighted by Gasteiger charge is 2.16. The van der Waals surface area contributed by atoms with Gasteiger partial charge in [0.15, 0.2) is 0 Å². The number of hydrogen-bond acceptors (Lipinski definition) is 3. The first-order valence-corrected chi connectivity index (χ1v) is 8.02. The highest BCUT2D eigenvalue weighted by molar-refractivity contribution is 5.46. The largest absolute Gasteiger partial charge is 0.369 e. The van der Waals surface area contributed by atoms with Gasteiger partial charge >= 0.3 is 0 Å². The molecule has 0 saturated carbocycles. The molecule has 0 spiro atoms. The second kappa shape index (κ2) is 8.28. The van der Waals surface area contributed by atoms with Crippen molar-refractivity contribution in [1.29, 1.82) is 0 Å². The molecule has 1 saturated heterocycles. The first-order valence-electron chi connectivity index (χ1n) is 8.02. The monoisotopic (exact) mass is 275 g/mol. The minimum absolute atomic E-state index is 0.783. The molecule has 1 atom stereocenters. The first kappa shape index (κ1) is 15.3. The van der Waals surface area contributed by atoms with Crippen molar-refractivity contribution in [3.63, 3.8) is 0 Å². The van der Waals surface area contributed by atoms with Crippen molar-refractivity contribution in [2.24, 2.45) is 11.7 Å². The smallest absolute Gasteiger partial charge is 0.0367 e. The van der Waals surface area contributed by atoms with E-state index in [2.05, 4.69) is 47.1 Å². The van der Waals surface area contributed by atoms with Gasteiger partial charge in [-0.2, -0.15) is 0 Å². The fraction of sp³-hybridized carbons (Fsp3) is 0.647. The standard InChI is InChI=1S/C17H29N3/c1-16(9-10-18)6-5-11-19-12-14-20(15-13-19)17-7-3-2-4-8-17/h2-4,7-8,16H,5-6,9-15,18H2,1H3. The fourth-order valence-corrected chi connectivity index (χ4v) is 2.96. The number of rotatable bonds is 7. The Bertz CT molecular complexity index is 358. The minimum atomic E-state index is 0.783. The molecular weight excluding hydrogens is 246 g/mol. The fourth-order valence-electron chi connectivity index (χ4n) is 2.96. The van der Waals surface area contributed by atoms with Crippen LogP contribution >= 0.6 is 0 Å². The highest BCUT2D eigenvalue weighted by Crippen LogP contribution is 2.16. The lowest BCUT2D eigenvalue weighted by molar-refractivity contribution is 0.247. The molecule has 1 aromatic carbocycles. The van der Waals surface area contributed by atoms with Gasteiger partial charge < -0.3 is 10.6 Å². The van der Waals surface area contributed by atoms with E-state index in [1.54, 1.807) is 0 Å². The zero-order valence-corrected chi connectivity index (χ0v) is 12.8. The zero-order valence-electron chi connectivity index (χ0n) is 12.8. The van der Waals surface area contributed by atoms with Crippen LogP contribution in [-0.4, -0.2) is 44.2 Å². The lowest BCUT2D eigenvalue weighted by Crippen LogP contribution is -2.46. The molecule has 1 aliphatic rings. The van der Waals surface area contributed by atoms with Gasteiger partial charge in [-0.1, -0.05) is 25.1 Å². The number of hydrogen-bond donors (Lipinski definition) is 1. The van der Waals surface area contributed by atoms with Crippen molar-refractivity contribution in [1.82, 2.24) is 4.90 Å². The molecule has 0 amide bonds. The molecule has 1 aliphatic heterocycles. The van der Waals surface area contributed by atoms with Gasteiger partial charge in [0.1, 0.15) is 0 Å². The van der Waals surface area contributed by atoms with Crippen molar-refractivity contribution in [2.75, 3.05) is 44.2 Å². The molecule has 0 bridgehead atoms. The number of nitrogens with zero attached hydrogens (tertiary/aromatic N) is 2.